The summed E-state index contributed by atoms with van der Waals surface area (Å²) in [5.41, 5.74) is 0. The molecule has 0 bridgehead atoms. The van der Waals surface area contributed by atoms with Gasteiger partial charge >= 0.3 is 0 Å². The Labute approximate surface area is 83.9 Å². The van der Waals surface area contributed by atoms with E-state index in [9.17, 15) is 10.2 Å². The molecule has 0 radical (unpaired) electrons. The molecule has 1 aromatic heterocycles. The van der Waals surface area contributed by atoms with E-state index in [0.29, 0.717) is 5.76 Å². The topological polar surface area (TPSA) is 73.8 Å². The number of furan rings is 1. The molecule has 4 nitrogen and oxygen atoms in total. The van der Waals surface area contributed by atoms with E-state index in [0.717, 1.165) is 0 Å². The van der Waals surface area contributed by atoms with Gasteiger partial charge < -0.3 is 19.7 Å². The van der Waals surface area contributed by atoms with Gasteiger partial charge in [0.25, 0.3) is 0 Å². The minimum Gasteiger partial charge on any atom is -0.461 e. The molecule has 3 N–H and O–H groups in total. The zero-order valence-electron chi connectivity index (χ0n) is 6.85. The fraction of sp³-hybridized carbons (Fsp3) is 0.500. The van der Waals surface area contributed by atoms with Crippen molar-refractivity contribution >= 4 is 15.9 Å². The van der Waals surface area contributed by atoms with E-state index < -0.39 is 12.2 Å². The second-order valence-electron chi connectivity index (χ2n) is 2.63. The van der Waals surface area contributed by atoms with Crippen molar-refractivity contribution in [3.05, 3.63) is 23.7 Å². The van der Waals surface area contributed by atoms with Gasteiger partial charge in [0, 0.05) is 5.33 Å². The first-order valence-corrected chi connectivity index (χ1v) is 4.92. The van der Waals surface area contributed by atoms with E-state index in [-0.39, 0.29) is 17.7 Å². The second-order valence-corrected chi connectivity index (χ2v) is 3.28. The third-order valence-corrected chi connectivity index (χ3v) is 2.32. The molecule has 0 aliphatic heterocycles. The van der Waals surface area contributed by atoms with E-state index in [4.69, 9.17) is 9.52 Å². The quantitative estimate of drug-likeness (QED) is 0.683. The third-order valence-electron chi connectivity index (χ3n) is 1.65. The van der Waals surface area contributed by atoms with E-state index in [2.05, 4.69) is 15.9 Å². The highest BCUT2D eigenvalue weighted by Crippen LogP contribution is 2.20. The minimum absolute atomic E-state index is 0.211. The number of hydrogen-bond donors (Lipinski definition) is 3. The first kappa shape index (κ1) is 10.7. The summed E-state index contributed by atoms with van der Waals surface area (Å²) >= 11 is 3.04. The molecule has 0 aliphatic carbocycles. The standard InChI is InChI=1S/C8H11BrO4/c9-3-6(11)8(12)7-2-1-5(4-10)13-7/h1-2,6,8,10-12H,3-4H2. The van der Waals surface area contributed by atoms with Crippen LogP contribution in [0.25, 0.3) is 0 Å². The van der Waals surface area contributed by atoms with Crippen LogP contribution in [-0.4, -0.2) is 26.8 Å². The lowest BCUT2D eigenvalue weighted by atomic mass is 10.2. The molecule has 2 atom stereocenters. The third kappa shape index (κ3) is 2.54. The molecule has 2 unspecified atom stereocenters. The summed E-state index contributed by atoms with van der Waals surface area (Å²) in [5, 5.41) is 27.6. The highest BCUT2D eigenvalue weighted by molar-refractivity contribution is 9.09. The fourth-order valence-corrected chi connectivity index (χ4v) is 1.27. The second kappa shape index (κ2) is 4.76. The molecule has 0 fully saturated rings. The van der Waals surface area contributed by atoms with Crippen LogP contribution in [-0.2, 0) is 6.61 Å². The average molecular weight is 251 g/mol. The van der Waals surface area contributed by atoms with Crippen molar-refractivity contribution in [1.82, 2.24) is 0 Å². The summed E-state index contributed by atoms with van der Waals surface area (Å²) in [6, 6.07) is 3.08. The van der Waals surface area contributed by atoms with Crippen LogP contribution in [0.15, 0.2) is 16.5 Å². The monoisotopic (exact) mass is 250 g/mol. The zero-order chi connectivity index (χ0) is 9.84. The van der Waals surface area contributed by atoms with Crippen molar-refractivity contribution in [3.8, 4) is 0 Å². The number of hydrogen-bond acceptors (Lipinski definition) is 4. The average Bonchev–Trinajstić information content (AvgIpc) is 2.63. The molecule has 0 saturated carbocycles. The number of halogens is 1. The maximum atomic E-state index is 9.44. The van der Waals surface area contributed by atoms with Gasteiger partial charge in [-0.1, -0.05) is 15.9 Å². The number of alkyl halides is 1. The Morgan fingerprint density at radius 1 is 1.38 bits per heavy atom. The highest BCUT2D eigenvalue weighted by atomic mass is 79.9. The van der Waals surface area contributed by atoms with Crippen molar-refractivity contribution in [1.29, 1.82) is 0 Å². The van der Waals surface area contributed by atoms with Gasteiger partial charge in [-0.05, 0) is 12.1 Å². The van der Waals surface area contributed by atoms with Crippen LogP contribution in [0, 0.1) is 0 Å². The summed E-state index contributed by atoms with van der Waals surface area (Å²) in [4.78, 5) is 0. The molecule has 5 heteroatoms. The molecule has 1 rings (SSSR count). The van der Waals surface area contributed by atoms with Gasteiger partial charge in [-0.15, -0.1) is 0 Å². The Bertz CT molecular complexity index is 260. The van der Waals surface area contributed by atoms with Gasteiger partial charge in [0.2, 0.25) is 0 Å². The van der Waals surface area contributed by atoms with E-state index in [1.807, 2.05) is 0 Å². The summed E-state index contributed by atoms with van der Waals surface area (Å²) in [5.74, 6) is 0.631. The van der Waals surface area contributed by atoms with Gasteiger partial charge in [-0.2, -0.15) is 0 Å². The zero-order valence-corrected chi connectivity index (χ0v) is 8.44. The van der Waals surface area contributed by atoms with Crippen LogP contribution in [0.4, 0.5) is 0 Å². The lowest BCUT2D eigenvalue weighted by Crippen LogP contribution is -2.18. The van der Waals surface area contributed by atoms with E-state index in [1.165, 1.54) is 6.07 Å². The lowest BCUT2D eigenvalue weighted by molar-refractivity contribution is 0.0189. The molecule has 1 aromatic rings. The lowest BCUT2D eigenvalue weighted by Gasteiger charge is -2.12. The fourth-order valence-electron chi connectivity index (χ4n) is 0.912. The Morgan fingerprint density at radius 2 is 2.08 bits per heavy atom. The van der Waals surface area contributed by atoms with Crippen LogP contribution in [0.5, 0.6) is 0 Å². The van der Waals surface area contributed by atoms with Crippen molar-refractivity contribution in [2.24, 2.45) is 0 Å². The van der Waals surface area contributed by atoms with Gasteiger partial charge in [0.15, 0.2) is 0 Å². The molecule has 0 amide bonds. The Morgan fingerprint density at radius 3 is 2.54 bits per heavy atom. The summed E-state index contributed by atoms with van der Waals surface area (Å²) in [7, 11) is 0. The first-order chi connectivity index (χ1) is 6.19. The van der Waals surface area contributed by atoms with Gasteiger partial charge in [-0.3, -0.25) is 0 Å². The van der Waals surface area contributed by atoms with E-state index >= 15 is 0 Å². The van der Waals surface area contributed by atoms with Crippen molar-refractivity contribution in [2.75, 3.05) is 5.33 Å². The van der Waals surface area contributed by atoms with Crippen molar-refractivity contribution in [2.45, 2.75) is 18.8 Å². The summed E-state index contributed by atoms with van der Waals surface area (Å²) in [6.07, 6.45) is -1.96. The smallest absolute Gasteiger partial charge is 0.138 e. The van der Waals surface area contributed by atoms with Crippen molar-refractivity contribution in [3.63, 3.8) is 0 Å². The minimum atomic E-state index is -1.06. The Kier molecular flexibility index (Phi) is 3.92. The van der Waals surface area contributed by atoms with Crippen LogP contribution >= 0.6 is 15.9 Å². The SMILES string of the molecule is OCc1ccc(C(O)C(O)CBr)o1. The predicted octanol–water partition coefficient (Wildman–Crippen LogP) is 0.561. The molecular formula is C8H11BrO4. The first-order valence-electron chi connectivity index (χ1n) is 3.80. The number of aliphatic hydroxyl groups is 3. The number of aliphatic hydroxyl groups excluding tert-OH is 3. The number of rotatable bonds is 4. The molecule has 1 heterocycles. The summed E-state index contributed by atoms with van der Waals surface area (Å²) < 4.78 is 5.04. The van der Waals surface area contributed by atoms with Crippen LogP contribution in [0.1, 0.15) is 17.6 Å². The molecule has 13 heavy (non-hydrogen) atoms. The maximum absolute atomic E-state index is 9.44. The van der Waals surface area contributed by atoms with Gasteiger partial charge in [0.1, 0.15) is 24.2 Å². The molecular weight excluding hydrogens is 240 g/mol. The molecule has 0 saturated heterocycles. The van der Waals surface area contributed by atoms with Crippen LogP contribution in [0.2, 0.25) is 0 Å². The summed E-state index contributed by atoms with van der Waals surface area (Å²) in [6.45, 7) is -0.211. The maximum Gasteiger partial charge on any atom is 0.138 e. The molecule has 0 aliphatic rings. The largest absolute Gasteiger partial charge is 0.461 e. The van der Waals surface area contributed by atoms with Gasteiger partial charge in [-0.25, -0.2) is 0 Å². The molecule has 74 valence electrons. The van der Waals surface area contributed by atoms with E-state index in [1.54, 1.807) is 6.07 Å². The van der Waals surface area contributed by atoms with Crippen LogP contribution < -0.4 is 0 Å². The predicted molar refractivity (Wildman–Crippen MR) is 49.4 cm³/mol. The van der Waals surface area contributed by atoms with Crippen LogP contribution in [0.3, 0.4) is 0 Å². The Hall–Kier alpha value is -0.360. The molecule has 0 aromatic carbocycles. The molecule has 0 spiro atoms. The van der Waals surface area contributed by atoms with Gasteiger partial charge in [0.05, 0.1) is 6.10 Å². The Balaban J connectivity index is 2.70. The highest BCUT2D eigenvalue weighted by Gasteiger charge is 2.20. The normalized spacial score (nSPS) is 15.7. The van der Waals surface area contributed by atoms with Crippen molar-refractivity contribution < 1.29 is 19.7 Å².